The van der Waals surface area contributed by atoms with Crippen molar-refractivity contribution < 1.29 is 22.5 Å². The quantitative estimate of drug-likeness (QED) is 0.756. The van der Waals surface area contributed by atoms with Gasteiger partial charge in [0.15, 0.2) is 11.6 Å². The molecule has 2 aromatic rings. The van der Waals surface area contributed by atoms with Crippen molar-refractivity contribution in [3.05, 3.63) is 65.2 Å². The number of amides is 1. The Hall–Kier alpha value is -2.12. The second kappa shape index (κ2) is 9.89. The van der Waals surface area contributed by atoms with Gasteiger partial charge < -0.3 is 10.1 Å². The molecule has 1 saturated heterocycles. The van der Waals surface area contributed by atoms with Crippen molar-refractivity contribution in [1.29, 1.82) is 0 Å². The Morgan fingerprint density at radius 2 is 1.89 bits per heavy atom. The first-order chi connectivity index (χ1) is 13.5. The zero-order valence-electron chi connectivity index (χ0n) is 15.5. The van der Waals surface area contributed by atoms with Crippen LogP contribution in [0.4, 0.5) is 14.5 Å². The summed E-state index contributed by atoms with van der Waals surface area (Å²) >= 11 is 0. The van der Waals surface area contributed by atoms with Crippen molar-refractivity contribution in [2.75, 3.05) is 18.5 Å². The van der Waals surface area contributed by atoms with Gasteiger partial charge in [0.05, 0.1) is 0 Å². The molecule has 28 heavy (non-hydrogen) atoms. The van der Waals surface area contributed by atoms with Crippen LogP contribution < -0.4 is 5.32 Å². The van der Waals surface area contributed by atoms with Gasteiger partial charge in [-0.05, 0) is 48.6 Å². The van der Waals surface area contributed by atoms with Crippen molar-refractivity contribution in [1.82, 2.24) is 0 Å². The first kappa shape index (κ1) is 20.6. The highest BCUT2D eigenvalue weighted by atomic mass is 32.2. The van der Waals surface area contributed by atoms with E-state index in [1.807, 2.05) is 6.07 Å². The predicted molar refractivity (Wildman–Crippen MR) is 105 cm³/mol. The van der Waals surface area contributed by atoms with E-state index < -0.39 is 22.4 Å². The average molecular weight is 407 g/mol. The van der Waals surface area contributed by atoms with Crippen LogP contribution >= 0.6 is 0 Å². The highest BCUT2D eigenvalue weighted by molar-refractivity contribution is 7.84. The van der Waals surface area contributed by atoms with Crippen molar-refractivity contribution in [2.24, 2.45) is 0 Å². The van der Waals surface area contributed by atoms with Crippen molar-refractivity contribution in [3.8, 4) is 0 Å². The van der Waals surface area contributed by atoms with Gasteiger partial charge in [-0.1, -0.05) is 24.3 Å². The number of nitrogens with one attached hydrogen (secondary N) is 1. The molecule has 150 valence electrons. The third-order valence-electron chi connectivity index (χ3n) is 4.71. The van der Waals surface area contributed by atoms with E-state index in [0.29, 0.717) is 24.7 Å². The van der Waals surface area contributed by atoms with Gasteiger partial charge in [-0.3, -0.25) is 9.00 Å². The largest absolute Gasteiger partial charge is 0.381 e. The number of rotatable bonds is 7. The van der Waals surface area contributed by atoms with E-state index in [4.69, 9.17) is 4.74 Å². The molecule has 0 aliphatic carbocycles. The Balaban J connectivity index is 1.54. The Morgan fingerprint density at radius 3 is 2.68 bits per heavy atom. The molecule has 4 nitrogen and oxygen atoms in total. The van der Waals surface area contributed by atoms with Crippen molar-refractivity contribution in [2.45, 2.75) is 36.7 Å². The van der Waals surface area contributed by atoms with Crippen LogP contribution in [0.25, 0.3) is 0 Å². The Labute approximate surface area is 165 Å². The molecule has 0 spiro atoms. The summed E-state index contributed by atoms with van der Waals surface area (Å²) in [6.45, 7) is 1.30. The van der Waals surface area contributed by atoms with Crippen LogP contribution in [-0.2, 0) is 32.5 Å². The van der Waals surface area contributed by atoms with Gasteiger partial charge in [0, 0.05) is 47.1 Å². The average Bonchev–Trinajstić information content (AvgIpc) is 2.70. The van der Waals surface area contributed by atoms with Crippen molar-refractivity contribution >= 4 is 22.4 Å². The summed E-state index contributed by atoms with van der Waals surface area (Å²) in [6.07, 6.45) is 1.76. The molecule has 0 saturated carbocycles. The first-order valence-electron chi connectivity index (χ1n) is 9.29. The number of benzene rings is 2. The third kappa shape index (κ3) is 5.69. The van der Waals surface area contributed by atoms with E-state index >= 15 is 0 Å². The minimum absolute atomic E-state index is 0.0403. The van der Waals surface area contributed by atoms with Crippen LogP contribution in [0.5, 0.6) is 0 Å². The van der Waals surface area contributed by atoms with E-state index in [1.54, 1.807) is 18.2 Å². The summed E-state index contributed by atoms with van der Waals surface area (Å²) in [7, 11) is -0.982. The number of halogens is 2. The van der Waals surface area contributed by atoms with Crippen molar-refractivity contribution in [3.63, 3.8) is 0 Å². The van der Waals surface area contributed by atoms with Gasteiger partial charge in [0.2, 0.25) is 5.91 Å². The summed E-state index contributed by atoms with van der Waals surface area (Å²) in [5.74, 6) is -1.68. The number of carbonyl (C=O) groups is 1. The molecule has 7 heteroatoms. The van der Waals surface area contributed by atoms with Crippen LogP contribution in [0.3, 0.4) is 0 Å². The molecule has 0 radical (unpaired) electrons. The van der Waals surface area contributed by atoms with Crippen LogP contribution in [-0.4, -0.2) is 28.6 Å². The molecule has 1 heterocycles. The minimum atomic E-state index is -0.982. The standard InChI is InChI=1S/C21H23F2NO3S/c22-19-6-2-4-16(21(19)23)7-8-20(25)24-17-5-1-3-15(13-17)14-28(26)18-9-11-27-12-10-18/h1-6,13,18H,7-12,14H2,(H,24,25). The normalized spacial score (nSPS) is 15.9. The molecule has 3 rings (SSSR count). The lowest BCUT2D eigenvalue weighted by atomic mass is 10.1. The van der Waals surface area contributed by atoms with Gasteiger partial charge in [-0.15, -0.1) is 0 Å². The SMILES string of the molecule is O=C(CCc1cccc(F)c1F)Nc1cccc(CS(=O)C2CCOCC2)c1. The molecule has 1 fully saturated rings. The Kier molecular flexibility index (Phi) is 7.28. The molecule has 2 aromatic carbocycles. The van der Waals surface area contributed by atoms with Gasteiger partial charge in [-0.2, -0.15) is 0 Å². The number of ether oxygens (including phenoxy) is 1. The number of aryl methyl sites for hydroxylation is 1. The topological polar surface area (TPSA) is 55.4 Å². The first-order valence-corrected chi connectivity index (χ1v) is 10.7. The number of anilines is 1. The fraction of sp³-hybridized carbons (Fsp3) is 0.381. The maximum absolute atomic E-state index is 13.7. The number of hydrogen-bond acceptors (Lipinski definition) is 3. The van der Waals surface area contributed by atoms with E-state index in [9.17, 15) is 17.8 Å². The fourth-order valence-electron chi connectivity index (χ4n) is 3.17. The third-order valence-corrected chi connectivity index (χ3v) is 6.55. The lowest BCUT2D eigenvalue weighted by molar-refractivity contribution is -0.116. The highest BCUT2D eigenvalue weighted by Crippen LogP contribution is 2.19. The molecular formula is C21H23F2NO3S. The molecule has 0 bridgehead atoms. The van der Waals surface area contributed by atoms with E-state index in [0.717, 1.165) is 24.5 Å². The van der Waals surface area contributed by atoms with E-state index in [1.165, 1.54) is 12.1 Å². The van der Waals surface area contributed by atoms with Gasteiger partial charge in [0.25, 0.3) is 0 Å². The van der Waals surface area contributed by atoms with Crippen LogP contribution in [0.15, 0.2) is 42.5 Å². The molecule has 1 aliphatic heterocycles. The molecule has 1 unspecified atom stereocenters. The van der Waals surface area contributed by atoms with Gasteiger partial charge in [-0.25, -0.2) is 8.78 Å². The van der Waals surface area contributed by atoms with Gasteiger partial charge >= 0.3 is 0 Å². The summed E-state index contributed by atoms with van der Waals surface area (Å²) in [6, 6.07) is 11.2. The van der Waals surface area contributed by atoms with Crippen LogP contribution in [0.2, 0.25) is 0 Å². The summed E-state index contributed by atoms with van der Waals surface area (Å²) in [4.78, 5) is 12.2. The minimum Gasteiger partial charge on any atom is -0.381 e. The summed E-state index contributed by atoms with van der Waals surface area (Å²) in [5.41, 5.74) is 1.67. The zero-order chi connectivity index (χ0) is 19.9. The summed E-state index contributed by atoms with van der Waals surface area (Å²) < 4.78 is 44.7. The lowest BCUT2D eigenvalue weighted by Gasteiger charge is -2.21. The maximum Gasteiger partial charge on any atom is 0.224 e. The molecule has 1 amide bonds. The van der Waals surface area contributed by atoms with E-state index in [2.05, 4.69) is 5.32 Å². The van der Waals surface area contributed by atoms with E-state index in [-0.39, 0.29) is 29.6 Å². The molecule has 0 aromatic heterocycles. The second-order valence-corrected chi connectivity index (χ2v) is 8.52. The number of hydrogen-bond donors (Lipinski definition) is 1. The molecular weight excluding hydrogens is 384 g/mol. The monoisotopic (exact) mass is 407 g/mol. The Morgan fingerprint density at radius 1 is 1.14 bits per heavy atom. The van der Waals surface area contributed by atoms with Crippen LogP contribution in [0.1, 0.15) is 30.4 Å². The van der Waals surface area contributed by atoms with Gasteiger partial charge in [0.1, 0.15) is 0 Å². The molecule has 1 N–H and O–H groups in total. The highest BCUT2D eigenvalue weighted by Gasteiger charge is 2.20. The zero-order valence-corrected chi connectivity index (χ0v) is 16.3. The summed E-state index contributed by atoms with van der Waals surface area (Å²) in [5, 5.41) is 2.91. The molecule has 1 atom stereocenters. The molecule has 1 aliphatic rings. The smallest absolute Gasteiger partial charge is 0.224 e. The Bertz CT molecular complexity index is 853. The number of carbonyl (C=O) groups excluding carboxylic acids is 1. The maximum atomic E-state index is 13.7. The second-order valence-electron chi connectivity index (χ2n) is 6.80. The predicted octanol–water partition coefficient (Wildman–Crippen LogP) is 3.96. The lowest BCUT2D eigenvalue weighted by Crippen LogP contribution is -2.25. The van der Waals surface area contributed by atoms with Crippen LogP contribution in [0, 0.1) is 11.6 Å². The fourth-order valence-corrected chi connectivity index (χ4v) is 4.64.